The van der Waals surface area contributed by atoms with Crippen LogP contribution in [-0.2, 0) is 13.1 Å². The van der Waals surface area contributed by atoms with Crippen molar-refractivity contribution in [3.63, 3.8) is 0 Å². The highest BCUT2D eigenvalue weighted by atomic mass is 16.3. The first kappa shape index (κ1) is 15.1. The lowest BCUT2D eigenvalue weighted by Crippen LogP contribution is -2.04. The predicted octanol–water partition coefficient (Wildman–Crippen LogP) is 4.34. The van der Waals surface area contributed by atoms with E-state index in [0.29, 0.717) is 6.54 Å². The molecule has 1 aromatic heterocycles. The highest BCUT2D eigenvalue weighted by Crippen LogP contribution is 2.22. The first-order valence-electron chi connectivity index (χ1n) is 7.44. The number of hydrogen-bond donors (Lipinski definition) is 1. The van der Waals surface area contributed by atoms with Crippen molar-refractivity contribution in [2.75, 3.05) is 7.05 Å². The zero-order valence-electron chi connectivity index (χ0n) is 12.9. The van der Waals surface area contributed by atoms with E-state index < -0.39 is 0 Å². The third-order valence-electron chi connectivity index (χ3n) is 3.43. The van der Waals surface area contributed by atoms with Gasteiger partial charge in [-0.15, -0.1) is 0 Å². The molecule has 0 saturated carbocycles. The monoisotopic (exact) mass is 306 g/mol. The van der Waals surface area contributed by atoms with E-state index >= 15 is 0 Å². The summed E-state index contributed by atoms with van der Waals surface area (Å²) < 4.78 is 5.26. The van der Waals surface area contributed by atoms with E-state index in [2.05, 4.69) is 44.8 Å². The van der Waals surface area contributed by atoms with Gasteiger partial charge in [0, 0.05) is 12.1 Å². The van der Waals surface area contributed by atoms with Crippen molar-refractivity contribution in [2.24, 2.45) is 10.2 Å². The molecule has 0 saturated heterocycles. The summed E-state index contributed by atoms with van der Waals surface area (Å²) in [5.41, 5.74) is 4.20. The van der Waals surface area contributed by atoms with Gasteiger partial charge in [-0.3, -0.25) is 0 Å². The molecule has 0 unspecified atom stereocenters. The number of azo groups is 1. The van der Waals surface area contributed by atoms with Crippen LogP contribution in [-0.4, -0.2) is 12.0 Å². The van der Waals surface area contributed by atoms with Gasteiger partial charge < -0.3 is 9.73 Å². The van der Waals surface area contributed by atoms with Crippen LogP contribution in [0.5, 0.6) is 0 Å². The Labute approximate surface area is 135 Å². The van der Waals surface area contributed by atoms with Gasteiger partial charge in [-0.1, -0.05) is 24.3 Å². The van der Waals surface area contributed by atoms with Crippen LogP contribution in [0.2, 0.25) is 0 Å². The summed E-state index contributed by atoms with van der Waals surface area (Å²) in [5, 5.41) is 11.6. The van der Waals surface area contributed by atoms with E-state index in [9.17, 15) is 0 Å². The summed E-state index contributed by atoms with van der Waals surface area (Å²) in [6, 6.07) is 16.1. The second kappa shape index (κ2) is 7.47. The number of nitrogens with one attached hydrogen (secondary N) is 1. The van der Waals surface area contributed by atoms with Crippen molar-refractivity contribution in [1.82, 2.24) is 10.3 Å². The summed E-state index contributed by atoms with van der Waals surface area (Å²) in [7, 11) is 1.94. The molecule has 2 aromatic carbocycles. The standard InChI is InChI=1S/C18H18N4O/c1-19-10-14-2-4-15(5-3-14)11-21-22-17-8-6-16(7-9-17)18-12-20-13-23-18/h2-9,12-13,19H,10-11H2,1H3. The average molecular weight is 306 g/mol. The smallest absolute Gasteiger partial charge is 0.181 e. The number of nitrogens with zero attached hydrogens (tertiary/aromatic N) is 3. The topological polar surface area (TPSA) is 62.8 Å². The van der Waals surface area contributed by atoms with Gasteiger partial charge in [-0.25, -0.2) is 4.98 Å². The van der Waals surface area contributed by atoms with E-state index in [1.165, 1.54) is 12.0 Å². The predicted molar refractivity (Wildman–Crippen MR) is 89.4 cm³/mol. The van der Waals surface area contributed by atoms with Gasteiger partial charge in [0.05, 0.1) is 18.4 Å². The fourth-order valence-electron chi connectivity index (χ4n) is 2.22. The number of aromatic nitrogens is 1. The molecule has 0 amide bonds. The molecule has 0 radical (unpaired) electrons. The van der Waals surface area contributed by atoms with Gasteiger partial charge in [-0.05, 0) is 42.4 Å². The molecule has 5 nitrogen and oxygen atoms in total. The van der Waals surface area contributed by atoms with E-state index in [1.807, 2.05) is 31.3 Å². The van der Waals surface area contributed by atoms with Gasteiger partial charge >= 0.3 is 0 Å². The highest BCUT2D eigenvalue weighted by Gasteiger charge is 2.00. The Morgan fingerprint density at radius 1 is 1.00 bits per heavy atom. The molecule has 0 fully saturated rings. The van der Waals surface area contributed by atoms with Crippen LogP contribution in [0.25, 0.3) is 11.3 Å². The molecule has 1 heterocycles. The molecule has 0 spiro atoms. The van der Waals surface area contributed by atoms with Crippen molar-refractivity contribution in [2.45, 2.75) is 13.1 Å². The molecular weight excluding hydrogens is 288 g/mol. The van der Waals surface area contributed by atoms with Crippen LogP contribution in [0.1, 0.15) is 11.1 Å². The SMILES string of the molecule is CNCc1ccc(CN=Nc2ccc(-c3cnco3)cc2)cc1. The Balaban J connectivity index is 1.59. The van der Waals surface area contributed by atoms with Gasteiger partial charge in [0.2, 0.25) is 0 Å². The maximum absolute atomic E-state index is 5.26. The van der Waals surface area contributed by atoms with Crippen LogP contribution in [0.15, 0.2) is 75.8 Å². The van der Waals surface area contributed by atoms with Gasteiger partial charge in [0.25, 0.3) is 0 Å². The Morgan fingerprint density at radius 3 is 2.39 bits per heavy atom. The highest BCUT2D eigenvalue weighted by molar-refractivity contribution is 5.59. The quantitative estimate of drug-likeness (QED) is 0.689. The number of hydrogen-bond acceptors (Lipinski definition) is 5. The van der Waals surface area contributed by atoms with E-state index in [-0.39, 0.29) is 0 Å². The zero-order chi connectivity index (χ0) is 15.9. The molecule has 116 valence electrons. The van der Waals surface area contributed by atoms with Crippen LogP contribution >= 0.6 is 0 Å². The van der Waals surface area contributed by atoms with Crippen LogP contribution in [0, 0.1) is 0 Å². The van der Waals surface area contributed by atoms with E-state index in [4.69, 9.17) is 4.42 Å². The molecule has 3 rings (SSSR count). The molecule has 0 aliphatic carbocycles. The largest absolute Gasteiger partial charge is 0.444 e. The summed E-state index contributed by atoms with van der Waals surface area (Å²) in [4.78, 5) is 3.91. The lowest BCUT2D eigenvalue weighted by molar-refractivity contribution is 0.572. The molecule has 1 N–H and O–H groups in total. The first-order valence-corrected chi connectivity index (χ1v) is 7.44. The van der Waals surface area contributed by atoms with Crippen LogP contribution < -0.4 is 5.32 Å². The van der Waals surface area contributed by atoms with Gasteiger partial charge in [-0.2, -0.15) is 10.2 Å². The van der Waals surface area contributed by atoms with Crippen molar-refractivity contribution in [1.29, 1.82) is 0 Å². The summed E-state index contributed by atoms with van der Waals surface area (Å²) in [6.07, 6.45) is 3.11. The summed E-state index contributed by atoms with van der Waals surface area (Å²) in [5.74, 6) is 0.746. The summed E-state index contributed by atoms with van der Waals surface area (Å²) >= 11 is 0. The minimum Gasteiger partial charge on any atom is -0.444 e. The second-order valence-electron chi connectivity index (χ2n) is 5.16. The maximum Gasteiger partial charge on any atom is 0.181 e. The Bertz CT molecular complexity index is 747. The fourth-order valence-corrected chi connectivity index (χ4v) is 2.22. The molecular formula is C18H18N4O. The van der Waals surface area contributed by atoms with Crippen molar-refractivity contribution in [3.05, 3.63) is 72.2 Å². The maximum atomic E-state index is 5.26. The summed E-state index contributed by atoms with van der Waals surface area (Å²) in [6.45, 7) is 1.45. The Kier molecular flexibility index (Phi) is 4.91. The van der Waals surface area contributed by atoms with Crippen molar-refractivity contribution < 1.29 is 4.42 Å². The van der Waals surface area contributed by atoms with E-state index in [0.717, 1.165) is 29.1 Å². The molecule has 3 aromatic rings. The van der Waals surface area contributed by atoms with Crippen molar-refractivity contribution >= 4 is 5.69 Å². The minimum absolute atomic E-state index is 0.573. The molecule has 0 aliphatic heterocycles. The van der Waals surface area contributed by atoms with Gasteiger partial charge in [0.15, 0.2) is 12.2 Å². The van der Waals surface area contributed by atoms with Crippen molar-refractivity contribution in [3.8, 4) is 11.3 Å². The average Bonchev–Trinajstić information content (AvgIpc) is 3.12. The molecule has 5 heteroatoms. The third kappa shape index (κ3) is 4.11. The Morgan fingerprint density at radius 2 is 1.74 bits per heavy atom. The fraction of sp³-hybridized carbons (Fsp3) is 0.167. The molecule has 0 aliphatic rings. The number of oxazole rings is 1. The third-order valence-corrected chi connectivity index (χ3v) is 3.43. The van der Waals surface area contributed by atoms with Crippen LogP contribution in [0.4, 0.5) is 5.69 Å². The number of benzene rings is 2. The van der Waals surface area contributed by atoms with Gasteiger partial charge in [0.1, 0.15) is 0 Å². The molecule has 0 atom stereocenters. The lowest BCUT2D eigenvalue weighted by atomic mass is 10.1. The minimum atomic E-state index is 0.573. The van der Waals surface area contributed by atoms with Crippen LogP contribution in [0.3, 0.4) is 0 Å². The van der Waals surface area contributed by atoms with E-state index in [1.54, 1.807) is 6.20 Å². The molecule has 23 heavy (non-hydrogen) atoms. The zero-order valence-corrected chi connectivity index (χ0v) is 12.9. The second-order valence-corrected chi connectivity index (χ2v) is 5.16. The first-order chi connectivity index (χ1) is 11.3. The Hall–Kier alpha value is -2.79. The number of rotatable bonds is 6. The lowest BCUT2D eigenvalue weighted by Gasteiger charge is -2.01. The normalized spacial score (nSPS) is 11.2. The molecule has 0 bridgehead atoms.